The van der Waals surface area contributed by atoms with E-state index in [1.165, 1.54) is 0 Å². The molecular formula is C19H20BrNO3. The summed E-state index contributed by atoms with van der Waals surface area (Å²) in [6, 6.07) is 16.7. The Balaban J connectivity index is 1.97. The second-order valence-corrected chi connectivity index (χ2v) is 6.36. The third-order valence-corrected chi connectivity index (χ3v) is 4.20. The van der Waals surface area contributed by atoms with Crippen LogP contribution in [0.1, 0.15) is 31.7 Å². The maximum Gasteiger partial charge on any atom is 0.314 e. The first kappa shape index (κ1) is 18.2. The summed E-state index contributed by atoms with van der Waals surface area (Å²) in [4.78, 5) is 24.6. The molecule has 0 saturated carbocycles. The number of carbonyl (C=O) groups excluding carboxylic acids is 2. The number of hydrogen-bond acceptors (Lipinski definition) is 3. The van der Waals surface area contributed by atoms with Crippen molar-refractivity contribution in [3.05, 3.63) is 64.6 Å². The number of nitrogens with one attached hydrogen (secondary N) is 1. The average molecular weight is 390 g/mol. The van der Waals surface area contributed by atoms with Crippen LogP contribution in [0.5, 0.6) is 0 Å². The SMILES string of the molecule is CC[C@H](C(=O)O[C@@H](C)C(=O)Nc1ccc(Br)cc1)c1ccccc1. The molecule has 0 fully saturated rings. The number of carbonyl (C=O) groups is 2. The van der Waals surface area contributed by atoms with Crippen molar-refractivity contribution in [2.75, 3.05) is 5.32 Å². The molecule has 0 aromatic heterocycles. The Morgan fingerprint density at radius 2 is 1.71 bits per heavy atom. The number of ether oxygens (including phenoxy) is 1. The molecule has 4 nitrogen and oxygen atoms in total. The lowest BCUT2D eigenvalue weighted by molar-refractivity contribution is -0.154. The second kappa shape index (κ2) is 8.64. The molecule has 2 aromatic carbocycles. The smallest absolute Gasteiger partial charge is 0.314 e. The fourth-order valence-corrected chi connectivity index (χ4v) is 2.58. The average Bonchev–Trinajstić information content (AvgIpc) is 2.58. The lowest BCUT2D eigenvalue weighted by Gasteiger charge is -2.18. The van der Waals surface area contributed by atoms with Crippen LogP contribution in [0.25, 0.3) is 0 Å². The van der Waals surface area contributed by atoms with Gasteiger partial charge in [0.25, 0.3) is 5.91 Å². The fraction of sp³-hybridized carbons (Fsp3) is 0.263. The van der Waals surface area contributed by atoms with Crippen molar-refractivity contribution in [1.82, 2.24) is 0 Å². The molecule has 0 radical (unpaired) electrons. The van der Waals surface area contributed by atoms with Gasteiger partial charge in [0.1, 0.15) is 0 Å². The molecule has 2 atom stereocenters. The van der Waals surface area contributed by atoms with E-state index < -0.39 is 6.10 Å². The standard InChI is InChI=1S/C19H20BrNO3/c1-3-17(14-7-5-4-6-8-14)19(23)24-13(2)18(22)21-16-11-9-15(20)10-12-16/h4-13,17H,3H2,1-2H3,(H,21,22)/t13-,17-/m0/s1. The molecular weight excluding hydrogens is 370 g/mol. The normalized spacial score (nSPS) is 13.0. The first-order valence-electron chi connectivity index (χ1n) is 7.83. The zero-order valence-corrected chi connectivity index (χ0v) is 15.2. The highest BCUT2D eigenvalue weighted by Crippen LogP contribution is 2.22. The van der Waals surface area contributed by atoms with Gasteiger partial charge in [-0.25, -0.2) is 0 Å². The van der Waals surface area contributed by atoms with Gasteiger partial charge in [0, 0.05) is 10.2 Å². The summed E-state index contributed by atoms with van der Waals surface area (Å²) in [6.45, 7) is 3.50. The Hall–Kier alpha value is -2.14. The van der Waals surface area contributed by atoms with Crippen LogP contribution in [0.15, 0.2) is 59.1 Å². The lowest BCUT2D eigenvalue weighted by atomic mass is 9.97. The van der Waals surface area contributed by atoms with Crippen LogP contribution in [0.2, 0.25) is 0 Å². The van der Waals surface area contributed by atoms with Gasteiger partial charge >= 0.3 is 5.97 Å². The van der Waals surface area contributed by atoms with Crippen LogP contribution in [0.4, 0.5) is 5.69 Å². The topological polar surface area (TPSA) is 55.4 Å². The quantitative estimate of drug-likeness (QED) is 0.739. The molecule has 5 heteroatoms. The van der Waals surface area contributed by atoms with Crippen molar-refractivity contribution in [3.63, 3.8) is 0 Å². The predicted octanol–water partition coefficient (Wildman–Crippen LogP) is 4.51. The molecule has 2 aromatic rings. The van der Waals surface area contributed by atoms with Gasteiger partial charge in [0.15, 0.2) is 6.10 Å². The number of anilines is 1. The van der Waals surface area contributed by atoms with Gasteiger partial charge in [-0.15, -0.1) is 0 Å². The highest BCUT2D eigenvalue weighted by Gasteiger charge is 2.25. The van der Waals surface area contributed by atoms with E-state index in [2.05, 4.69) is 21.2 Å². The number of rotatable bonds is 6. The largest absolute Gasteiger partial charge is 0.452 e. The van der Waals surface area contributed by atoms with Gasteiger partial charge in [-0.3, -0.25) is 9.59 Å². The minimum atomic E-state index is -0.862. The van der Waals surface area contributed by atoms with Gasteiger partial charge in [0.05, 0.1) is 5.92 Å². The van der Waals surface area contributed by atoms with Crippen LogP contribution in [0.3, 0.4) is 0 Å². The molecule has 0 bridgehead atoms. The minimum absolute atomic E-state index is 0.353. The van der Waals surface area contributed by atoms with E-state index in [1.54, 1.807) is 19.1 Å². The summed E-state index contributed by atoms with van der Waals surface area (Å²) in [6.07, 6.45) is -0.247. The van der Waals surface area contributed by atoms with E-state index in [-0.39, 0.29) is 17.8 Å². The van der Waals surface area contributed by atoms with Gasteiger partial charge in [-0.2, -0.15) is 0 Å². The molecule has 24 heavy (non-hydrogen) atoms. The van der Waals surface area contributed by atoms with Crippen molar-refractivity contribution >= 4 is 33.5 Å². The van der Waals surface area contributed by atoms with E-state index in [4.69, 9.17) is 4.74 Å². The first-order chi connectivity index (χ1) is 11.5. The van der Waals surface area contributed by atoms with Crippen LogP contribution in [0, 0.1) is 0 Å². The Bertz CT molecular complexity index is 686. The number of esters is 1. The van der Waals surface area contributed by atoms with E-state index in [9.17, 15) is 9.59 Å². The van der Waals surface area contributed by atoms with Crippen molar-refractivity contribution in [1.29, 1.82) is 0 Å². The third kappa shape index (κ3) is 4.93. The Kier molecular flexibility index (Phi) is 6.55. The molecule has 0 heterocycles. The first-order valence-corrected chi connectivity index (χ1v) is 8.62. The molecule has 126 valence electrons. The third-order valence-electron chi connectivity index (χ3n) is 3.67. The van der Waals surface area contributed by atoms with Gasteiger partial charge in [0.2, 0.25) is 0 Å². The maximum atomic E-state index is 12.4. The van der Waals surface area contributed by atoms with E-state index in [0.717, 1.165) is 10.0 Å². The maximum absolute atomic E-state index is 12.4. The minimum Gasteiger partial charge on any atom is -0.452 e. The molecule has 0 saturated heterocycles. The number of amides is 1. The second-order valence-electron chi connectivity index (χ2n) is 5.45. The van der Waals surface area contributed by atoms with Crippen molar-refractivity contribution < 1.29 is 14.3 Å². The molecule has 0 aliphatic carbocycles. The Morgan fingerprint density at radius 1 is 1.08 bits per heavy atom. The number of halogens is 1. The highest BCUT2D eigenvalue weighted by molar-refractivity contribution is 9.10. The zero-order chi connectivity index (χ0) is 17.5. The molecule has 2 rings (SSSR count). The summed E-state index contributed by atoms with van der Waals surface area (Å²) in [5, 5.41) is 2.73. The molecule has 0 spiro atoms. The Labute approximate surface area is 150 Å². The van der Waals surface area contributed by atoms with Crippen molar-refractivity contribution in [2.24, 2.45) is 0 Å². The molecule has 1 amide bonds. The van der Waals surface area contributed by atoms with Crippen molar-refractivity contribution in [2.45, 2.75) is 32.3 Å². The summed E-state index contributed by atoms with van der Waals surface area (Å²) in [5.41, 5.74) is 1.55. The highest BCUT2D eigenvalue weighted by atomic mass is 79.9. The number of hydrogen-bond donors (Lipinski definition) is 1. The summed E-state index contributed by atoms with van der Waals surface area (Å²) < 4.78 is 6.28. The van der Waals surface area contributed by atoms with Gasteiger partial charge in [-0.1, -0.05) is 53.2 Å². The van der Waals surface area contributed by atoms with E-state index in [0.29, 0.717) is 12.1 Å². The summed E-state index contributed by atoms with van der Waals surface area (Å²) >= 11 is 3.34. The Morgan fingerprint density at radius 3 is 2.29 bits per heavy atom. The zero-order valence-electron chi connectivity index (χ0n) is 13.7. The summed E-state index contributed by atoms with van der Waals surface area (Å²) in [7, 11) is 0. The van der Waals surface area contributed by atoms with Crippen molar-refractivity contribution in [3.8, 4) is 0 Å². The summed E-state index contributed by atoms with van der Waals surface area (Å²) in [5.74, 6) is -1.11. The predicted molar refractivity (Wildman–Crippen MR) is 97.8 cm³/mol. The van der Waals surface area contributed by atoms with Crippen LogP contribution in [-0.2, 0) is 14.3 Å². The lowest BCUT2D eigenvalue weighted by Crippen LogP contribution is -2.31. The molecule has 0 aliphatic rings. The van der Waals surface area contributed by atoms with Crippen LogP contribution in [-0.4, -0.2) is 18.0 Å². The van der Waals surface area contributed by atoms with Gasteiger partial charge < -0.3 is 10.1 Å². The van der Waals surface area contributed by atoms with E-state index in [1.807, 2.05) is 49.4 Å². The van der Waals surface area contributed by atoms with Gasteiger partial charge in [-0.05, 0) is 43.2 Å². The van der Waals surface area contributed by atoms with Crippen LogP contribution >= 0.6 is 15.9 Å². The number of benzene rings is 2. The molecule has 1 N–H and O–H groups in total. The van der Waals surface area contributed by atoms with Crippen LogP contribution < -0.4 is 5.32 Å². The molecule has 0 unspecified atom stereocenters. The van der Waals surface area contributed by atoms with E-state index >= 15 is 0 Å². The fourth-order valence-electron chi connectivity index (χ4n) is 2.31. The molecule has 0 aliphatic heterocycles. The monoisotopic (exact) mass is 389 g/mol.